The molecular formula is C11H23NO3S. The van der Waals surface area contributed by atoms with Crippen molar-refractivity contribution in [3.63, 3.8) is 0 Å². The lowest BCUT2D eigenvalue weighted by Crippen LogP contribution is -2.39. The average Bonchev–Trinajstić information content (AvgIpc) is 2.17. The van der Waals surface area contributed by atoms with Crippen LogP contribution in [0.5, 0.6) is 0 Å². The summed E-state index contributed by atoms with van der Waals surface area (Å²) in [4.78, 5) is 0. The molecule has 0 aromatic heterocycles. The third-order valence-corrected chi connectivity index (χ3v) is 4.62. The molecule has 0 bridgehead atoms. The van der Waals surface area contributed by atoms with Crippen molar-refractivity contribution in [2.45, 2.75) is 51.5 Å². The zero-order valence-electron chi connectivity index (χ0n) is 9.98. The Labute approximate surface area is 98.5 Å². The Morgan fingerprint density at radius 2 is 2.06 bits per heavy atom. The van der Waals surface area contributed by atoms with Gasteiger partial charge in [-0.05, 0) is 31.6 Å². The van der Waals surface area contributed by atoms with E-state index in [0.717, 1.165) is 19.3 Å². The van der Waals surface area contributed by atoms with Crippen LogP contribution in [0.2, 0.25) is 0 Å². The molecule has 96 valence electrons. The van der Waals surface area contributed by atoms with E-state index in [1.807, 2.05) is 0 Å². The van der Waals surface area contributed by atoms with Gasteiger partial charge in [-0.25, -0.2) is 13.1 Å². The maximum absolute atomic E-state index is 11.7. The van der Waals surface area contributed by atoms with Crippen molar-refractivity contribution >= 4 is 10.0 Å². The van der Waals surface area contributed by atoms with Crippen LogP contribution < -0.4 is 4.72 Å². The van der Waals surface area contributed by atoms with Crippen molar-refractivity contribution < 1.29 is 13.5 Å². The maximum Gasteiger partial charge on any atom is 0.211 e. The van der Waals surface area contributed by atoms with Crippen LogP contribution in [0.4, 0.5) is 0 Å². The molecule has 0 spiro atoms. The van der Waals surface area contributed by atoms with Gasteiger partial charge in [0, 0.05) is 12.6 Å². The summed E-state index contributed by atoms with van der Waals surface area (Å²) in [6.45, 7) is 2.24. The van der Waals surface area contributed by atoms with Crippen molar-refractivity contribution in [3.8, 4) is 0 Å². The summed E-state index contributed by atoms with van der Waals surface area (Å²) in [5.74, 6) is 0.761. The van der Waals surface area contributed by atoms with E-state index in [0.29, 0.717) is 18.8 Å². The standard InChI is InChI=1S/C11H23NO3S/c1-10-5-4-6-11(9-10)12-16(14,15)8-3-2-7-13/h10-13H,2-9H2,1H3. The van der Waals surface area contributed by atoms with Crippen LogP contribution >= 0.6 is 0 Å². The van der Waals surface area contributed by atoms with Crippen LogP contribution in [-0.4, -0.2) is 31.9 Å². The van der Waals surface area contributed by atoms with Crippen molar-refractivity contribution in [2.24, 2.45) is 5.92 Å². The van der Waals surface area contributed by atoms with Gasteiger partial charge in [-0.15, -0.1) is 0 Å². The first-order chi connectivity index (χ1) is 7.53. The van der Waals surface area contributed by atoms with Crippen molar-refractivity contribution in [3.05, 3.63) is 0 Å². The fourth-order valence-corrected chi connectivity index (χ4v) is 3.68. The summed E-state index contributed by atoms with van der Waals surface area (Å²) >= 11 is 0. The second-order valence-electron chi connectivity index (χ2n) is 4.84. The fourth-order valence-electron chi connectivity index (χ4n) is 2.26. The molecule has 16 heavy (non-hydrogen) atoms. The first kappa shape index (κ1) is 13.9. The number of hydrogen-bond donors (Lipinski definition) is 2. The van der Waals surface area contributed by atoms with E-state index < -0.39 is 10.0 Å². The Morgan fingerprint density at radius 3 is 2.69 bits per heavy atom. The molecule has 4 nitrogen and oxygen atoms in total. The monoisotopic (exact) mass is 249 g/mol. The van der Waals surface area contributed by atoms with E-state index in [1.165, 1.54) is 6.42 Å². The molecule has 1 rings (SSSR count). The summed E-state index contributed by atoms with van der Waals surface area (Å²) < 4.78 is 26.2. The topological polar surface area (TPSA) is 66.4 Å². The molecule has 2 atom stereocenters. The number of sulfonamides is 1. The van der Waals surface area contributed by atoms with Gasteiger partial charge < -0.3 is 5.11 Å². The largest absolute Gasteiger partial charge is 0.396 e. The van der Waals surface area contributed by atoms with E-state index in [1.54, 1.807) is 0 Å². The highest BCUT2D eigenvalue weighted by Crippen LogP contribution is 2.23. The summed E-state index contributed by atoms with van der Waals surface area (Å²) in [6.07, 6.45) is 5.34. The molecule has 0 aliphatic heterocycles. The van der Waals surface area contributed by atoms with Gasteiger partial charge in [0.2, 0.25) is 10.0 Å². The molecule has 5 heteroatoms. The summed E-state index contributed by atoms with van der Waals surface area (Å²) in [6, 6.07) is 0.128. The van der Waals surface area contributed by atoms with E-state index in [4.69, 9.17) is 5.11 Å². The summed E-state index contributed by atoms with van der Waals surface area (Å²) in [5, 5.41) is 8.60. The number of nitrogens with one attached hydrogen (secondary N) is 1. The SMILES string of the molecule is CC1CCCC(NS(=O)(=O)CCCCO)C1. The summed E-state index contributed by atoms with van der Waals surface area (Å²) in [7, 11) is -3.14. The first-order valence-corrected chi connectivity index (χ1v) is 7.79. The van der Waals surface area contributed by atoms with Gasteiger partial charge in [-0.2, -0.15) is 0 Å². The lowest BCUT2D eigenvalue weighted by Gasteiger charge is -2.27. The summed E-state index contributed by atoms with van der Waals surface area (Å²) in [5.41, 5.74) is 0. The van der Waals surface area contributed by atoms with Gasteiger partial charge >= 0.3 is 0 Å². The van der Waals surface area contributed by atoms with Crippen molar-refractivity contribution in [1.29, 1.82) is 0 Å². The molecule has 0 aromatic carbocycles. The Hall–Kier alpha value is -0.130. The van der Waals surface area contributed by atoms with E-state index >= 15 is 0 Å². The maximum atomic E-state index is 11.7. The predicted octanol–water partition coefficient (Wildman–Crippen LogP) is 1.26. The molecule has 1 saturated carbocycles. The van der Waals surface area contributed by atoms with E-state index in [9.17, 15) is 8.42 Å². The second-order valence-corrected chi connectivity index (χ2v) is 6.71. The van der Waals surface area contributed by atoms with Crippen LogP contribution in [0.3, 0.4) is 0 Å². The smallest absolute Gasteiger partial charge is 0.211 e. The molecule has 0 amide bonds. The van der Waals surface area contributed by atoms with Gasteiger partial charge in [0.15, 0.2) is 0 Å². The molecule has 1 aliphatic carbocycles. The Balaban J connectivity index is 2.33. The van der Waals surface area contributed by atoms with Gasteiger partial charge in [0.05, 0.1) is 5.75 Å². The van der Waals surface area contributed by atoms with Gasteiger partial charge in [0.1, 0.15) is 0 Å². The highest BCUT2D eigenvalue weighted by molar-refractivity contribution is 7.89. The van der Waals surface area contributed by atoms with E-state index in [-0.39, 0.29) is 18.4 Å². The zero-order chi connectivity index (χ0) is 12.0. The minimum Gasteiger partial charge on any atom is -0.396 e. The molecule has 1 aliphatic rings. The predicted molar refractivity (Wildman–Crippen MR) is 64.7 cm³/mol. The number of rotatable bonds is 6. The highest BCUT2D eigenvalue weighted by Gasteiger charge is 2.22. The van der Waals surface area contributed by atoms with Crippen LogP contribution in [0.1, 0.15) is 45.4 Å². The Bertz CT molecular complexity index is 290. The third-order valence-electron chi connectivity index (χ3n) is 3.10. The molecular weight excluding hydrogens is 226 g/mol. The molecule has 0 radical (unpaired) electrons. The molecule has 0 heterocycles. The molecule has 0 saturated heterocycles. The van der Waals surface area contributed by atoms with Crippen molar-refractivity contribution in [1.82, 2.24) is 4.72 Å². The van der Waals surface area contributed by atoms with E-state index in [2.05, 4.69) is 11.6 Å². The molecule has 0 aromatic rings. The zero-order valence-corrected chi connectivity index (χ0v) is 10.8. The van der Waals surface area contributed by atoms with Crippen LogP contribution in [0.25, 0.3) is 0 Å². The van der Waals surface area contributed by atoms with Crippen molar-refractivity contribution in [2.75, 3.05) is 12.4 Å². The number of aliphatic hydroxyl groups excluding tert-OH is 1. The number of unbranched alkanes of at least 4 members (excludes halogenated alkanes) is 1. The van der Waals surface area contributed by atoms with Crippen LogP contribution in [-0.2, 0) is 10.0 Å². The van der Waals surface area contributed by atoms with Gasteiger partial charge in [-0.1, -0.05) is 19.8 Å². The quantitative estimate of drug-likeness (QED) is 0.696. The second kappa shape index (κ2) is 6.57. The Morgan fingerprint density at radius 1 is 1.31 bits per heavy atom. The lowest BCUT2D eigenvalue weighted by atomic mass is 9.88. The molecule has 2 N–H and O–H groups in total. The minimum absolute atomic E-state index is 0.0655. The third kappa shape index (κ3) is 5.27. The lowest BCUT2D eigenvalue weighted by molar-refractivity contribution is 0.287. The molecule has 2 unspecified atom stereocenters. The minimum atomic E-state index is -3.14. The average molecular weight is 249 g/mol. The van der Waals surface area contributed by atoms with Crippen LogP contribution in [0.15, 0.2) is 0 Å². The van der Waals surface area contributed by atoms with Gasteiger partial charge in [-0.3, -0.25) is 0 Å². The molecule has 1 fully saturated rings. The number of hydrogen-bond acceptors (Lipinski definition) is 3. The first-order valence-electron chi connectivity index (χ1n) is 6.14. The van der Waals surface area contributed by atoms with Crippen LogP contribution in [0, 0.1) is 5.92 Å². The van der Waals surface area contributed by atoms with Gasteiger partial charge in [0.25, 0.3) is 0 Å². The Kier molecular flexibility index (Phi) is 5.72. The fraction of sp³-hybridized carbons (Fsp3) is 1.00. The highest BCUT2D eigenvalue weighted by atomic mass is 32.2. The normalized spacial score (nSPS) is 26.9. The number of aliphatic hydroxyl groups is 1.